The number of ether oxygens (including phenoxy) is 1. The average molecular weight is 353 g/mol. The largest absolute Gasteiger partial charge is 0.381 e. The summed E-state index contributed by atoms with van der Waals surface area (Å²) in [6.45, 7) is 4.65. The Labute approximate surface area is 152 Å². The lowest BCUT2D eigenvalue weighted by Gasteiger charge is -2.55. The average Bonchev–Trinajstić information content (AvgIpc) is 3.09. The zero-order valence-electron chi connectivity index (χ0n) is 16.6. The fraction of sp³-hybridized carbons (Fsp3) is 0.895. The maximum absolute atomic E-state index is 11.9. The SMILES string of the molecule is CCC1(CC)C(NC(=NCC(=O)N(C)C)NC2CCCC2)CC1OC. The van der Waals surface area contributed by atoms with Crippen molar-refractivity contribution < 1.29 is 9.53 Å². The van der Waals surface area contributed by atoms with Crippen LogP contribution in [0.5, 0.6) is 0 Å². The molecule has 2 atom stereocenters. The van der Waals surface area contributed by atoms with Crippen LogP contribution in [0.4, 0.5) is 0 Å². The van der Waals surface area contributed by atoms with E-state index >= 15 is 0 Å². The van der Waals surface area contributed by atoms with Gasteiger partial charge in [-0.3, -0.25) is 4.79 Å². The molecule has 6 nitrogen and oxygen atoms in total. The summed E-state index contributed by atoms with van der Waals surface area (Å²) in [5, 5.41) is 7.18. The molecule has 0 aromatic heterocycles. The second kappa shape index (κ2) is 8.88. The highest BCUT2D eigenvalue weighted by molar-refractivity contribution is 5.85. The Kier molecular flexibility index (Phi) is 7.11. The third kappa shape index (κ3) is 4.46. The van der Waals surface area contributed by atoms with Gasteiger partial charge < -0.3 is 20.3 Å². The monoisotopic (exact) mass is 352 g/mol. The smallest absolute Gasteiger partial charge is 0.243 e. The van der Waals surface area contributed by atoms with Crippen molar-refractivity contribution in [3.05, 3.63) is 0 Å². The minimum absolute atomic E-state index is 0.0214. The first kappa shape index (κ1) is 20.0. The number of methoxy groups -OCH3 is 1. The number of hydrogen-bond donors (Lipinski definition) is 2. The maximum atomic E-state index is 11.9. The lowest BCUT2D eigenvalue weighted by molar-refractivity contribution is -0.127. The summed E-state index contributed by atoms with van der Waals surface area (Å²) >= 11 is 0. The molecule has 0 spiro atoms. The van der Waals surface area contributed by atoms with E-state index < -0.39 is 0 Å². The van der Waals surface area contributed by atoms with E-state index in [9.17, 15) is 4.79 Å². The zero-order chi connectivity index (χ0) is 18.4. The van der Waals surface area contributed by atoms with Crippen LogP contribution in [0, 0.1) is 5.41 Å². The lowest BCUT2D eigenvalue weighted by atomic mass is 9.58. The van der Waals surface area contributed by atoms with Gasteiger partial charge >= 0.3 is 0 Å². The van der Waals surface area contributed by atoms with Gasteiger partial charge in [0.15, 0.2) is 5.96 Å². The highest BCUT2D eigenvalue weighted by atomic mass is 16.5. The van der Waals surface area contributed by atoms with Gasteiger partial charge in [0.25, 0.3) is 0 Å². The van der Waals surface area contributed by atoms with Crippen LogP contribution in [0.3, 0.4) is 0 Å². The molecule has 2 saturated carbocycles. The topological polar surface area (TPSA) is 66.0 Å². The molecule has 0 aromatic rings. The Bertz CT molecular complexity index is 468. The van der Waals surface area contributed by atoms with Crippen molar-refractivity contribution in [3.8, 4) is 0 Å². The molecule has 0 heterocycles. The molecule has 144 valence electrons. The third-order valence-corrected chi connectivity index (χ3v) is 6.26. The number of carbonyl (C=O) groups is 1. The van der Waals surface area contributed by atoms with E-state index in [1.54, 1.807) is 19.0 Å². The normalized spacial score (nSPS) is 26.2. The predicted octanol–water partition coefficient (Wildman–Crippen LogP) is 2.15. The Balaban J connectivity index is 2.06. The molecule has 2 aliphatic carbocycles. The molecule has 0 bridgehead atoms. The number of rotatable bonds is 7. The quantitative estimate of drug-likeness (QED) is 0.544. The van der Waals surface area contributed by atoms with Gasteiger partial charge in [0.1, 0.15) is 6.54 Å². The molecule has 0 aliphatic heterocycles. The van der Waals surface area contributed by atoms with Crippen molar-refractivity contribution >= 4 is 11.9 Å². The van der Waals surface area contributed by atoms with Crippen molar-refractivity contribution in [2.24, 2.45) is 10.4 Å². The number of hydrogen-bond acceptors (Lipinski definition) is 3. The molecule has 6 heteroatoms. The lowest BCUT2D eigenvalue weighted by Crippen LogP contribution is -2.65. The van der Waals surface area contributed by atoms with Crippen LogP contribution in [0.15, 0.2) is 4.99 Å². The first-order valence-electron chi connectivity index (χ1n) is 9.77. The van der Waals surface area contributed by atoms with Crippen LogP contribution < -0.4 is 10.6 Å². The number of nitrogens with one attached hydrogen (secondary N) is 2. The van der Waals surface area contributed by atoms with E-state index in [0.717, 1.165) is 25.2 Å². The Morgan fingerprint density at radius 3 is 2.36 bits per heavy atom. The molecule has 25 heavy (non-hydrogen) atoms. The number of likely N-dealkylation sites (N-methyl/N-ethyl adjacent to an activating group) is 1. The van der Waals surface area contributed by atoms with Crippen LogP contribution in [0.2, 0.25) is 0 Å². The van der Waals surface area contributed by atoms with Crippen molar-refractivity contribution in [2.45, 2.75) is 77.0 Å². The van der Waals surface area contributed by atoms with Crippen molar-refractivity contribution in [2.75, 3.05) is 27.7 Å². The second-order valence-corrected chi connectivity index (χ2v) is 7.68. The number of nitrogens with zero attached hydrogens (tertiary/aromatic N) is 2. The summed E-state index contributed by atoms with van der Waals surface area (Å²) in [7, 11) is 5.34. The standard InChI is InChI=1S/C19H36N4O2/c1-6-19(7-2)15(12-16(19)25-5)22-18(20-13-17(24)23(3)4)21-14-10-8-9-11-14/h14-16H,6-13H2,1-5H3,(H2,20,21,22). The Morgan fingerprint density at radius 1 is 1.20 bits per heavy atom. The molecule has 1 amide bonds. The van der Waals surface area contributed by atoms with Crippen LogP contribution in [0.1, 0.15) is 58.8 Å². The van der Waals surface area contributed by atoms with Gasteiger partial charge in [0, 0.05) is 38.7 Å². The van der Waals surface area contributed by atoms with Gasteiger partial charge in [-0.15, -0.1) is 0 Å². The zero-order valence-corrected chi connectivity index (χ0v) is 16.6. The molecule has 2 fully saturated rings. The van der Waals surface area contributed by atoms with E-state index in [4.69, 9.17) is 4.74 Å². The van der Waals surface area contributed by atoms with Crippen LogP contribution >= 0.6 is 0 Å². The number of guanidine groups is 1. The first-order chi connectivity index (χ1) is 12.0. The van der Waals surface area contributed by atoms with Crippen LogP contribution in [-0.2, 0) is 9.53 Å². The predicted molar refractivity (Wildman–Crippen MR) is 102 cm³/mol. The fourth-order valence-electron chi connectivity index (χ4n) is 4.33. The van der Waals surface area contributed by atoms with Gasteiger partial charge in [-0.25, -0.2) is 4.99 Å². The Hall–Kier alpha value is -1.30. The van der Waals surface area contributed by atoms with E-state index in [-0.39, 0.29) is 17.9 Å². The van der Waals surface area contributed by atoms with Crippen LogP contribution in [0.25, 0.3) is 0 Å². The molecule has 2 rings (SSSR count). The third-order valence-electron chi connectivity index (χ3n) is 6.26. The molecule has 0 radical (unpaired) electrons. The van der Waals surface area contributed by atoms with E-state index in [0.29, 0.717) is 18.2 Å². The van der Waals surface area contributed by atoms with Gasteiger partial charge in [-0.05, 0) is 32.1 Å². The summed E-state index contributed by atoms with van der Waals surface area (Å²) in [6.07, 6.45) is 8.34. The van der Waals surface area contributed by atoms with E-state index in [2.05, 4.69) is 29.5 Å². The van der Waals surface area contributed by atoms with Crippen LogP contribution in [-0.4, -0.2) is 62.7 Å². The molecular formula is C19H36N4O2. The van der Waals surface area contributed by atoms with Gasteiger partial charge in [0.2, 0.25) is 5.91 Å². The van der Waals surface area contributed by atoms with Gasteiger partial charge in [-0.1, -0.05) is 26.7 Å². The molecular weight excluding hydrogens is 316 g/mol. The number of carbonyl (C=O) groups excluding carboxylic acids is 1. The summed E-state index contributed by atoms with van der Waals surface area (Å²) in [5.41, 5.74) is 0.151. The molecule has 0 aromatic carbocycles. The summed E-state index contributed by atoms with van der Waals surface area (Å²) in [4.78, 5) is 18.1. The van der Waals surface area contributed by atoms with Gasteiger partial charge in [0.05, 0.1) is 6.10 Å². The Morgan fingerprint density at radius 2 is 1.84 bits per heavy atom. The van der Waals surface area contributed by atoms with E-state index in [1.807, 2.05) is 7.11 Å². The van der Waals surface area contributed by atoms with E-state index in [1.165, 1.54) is 25.7 Å². The molecule has 2 N–H and O–H groups in total. The summed E-state index contributed by atoms with van der Waals surface area (Å²) in [6, 6.07) is 0.811. The van der Waals surface area contributed by atoms with Crippen molar-refractivity contribution in [1.29, 1.82) is 0 Å². The first-order valence-corrected chi connectivity index (χ1v) is 9.77. The van der Waals surface area contributed by atoms with Crippen molar-refractivity contribution in [3.63, 3.8) is 0 Å². The second-order valence-electron chi connectivity index (χ2n) is 7.68. The highest BCUT2D eigenvalue weighted by Gasteiger charge is 2.53. The number of aliphatic imine (C=N–C) groups is 1. The highest BCUT2D eigenvalue weighted by Crippen LogP contribution is 2.48. The minimum atomic E-state index is 0.0214. The van der Waals surface area contributed by atoms with Gasteiger partial charge in [-0.2, -0.15) is 0 Å². The summed E-state index contributed by atoms with van der Waals surface area (Å²) in [5.74, 6) is 0.807. The van der Waals surface area contributed by atoms with Crippen molar-refractivity contribution in [1.82, 2.24) is 15.5 Å². The molecule has 2 unspecified atom stereocenters. The molecule has 0 saturated heterocycles. The number of amides is 1. The fourth-order valence-corrected chi connectivity index (χ4v) is 4.33. The molecule has 2 aliphatic rings. The maximum Gasteiger partial charge on any atom is 0.243 e. The summed E-state index contributed by atoms with van der Waals surface area (Å²) < 4.78 is 5.70. The minimum Gasteiger partial charge on any atom is -0.381 e.